The van der Waals surface area contributed by atoms with Gasteiger partial charge in [0.25, 0.3) is 0 Å². The van der Waals surface area contributed by atoms with Crippen molar-refractivity contribution >= 4 is 9.84 Å². The average Bonchev–Trinajstić information content (AvgIpc) is 2.94. The fraction of sp³-hybridized carbons (Fsp3) is 0.467. The van der Waals surface area contributed by atoms with E-state index in [1.807, 2.05) is 0 Å². The first-order valence-corrected chi connectivity index (χ1v) is 8.82. The molecule has 0 radical (unpaired) electrons. The molecule has 22 heavy (non-hydrogen) atoms. The fourth-order valence-corrected chi connectivity index (χ4v) is 5.04. The van der Waals surface area contributed by atoms with Gasteiger partial charge in [-0.2, -0.15) is 0 Å². The molecule has 0 amide bonds. The molecule has 2 aromatic rings. The van der Waals surface area contributed by atoms with Crippen molar-refractivity contribution in [3.8, 4) is 0 Å². The molecular formula is C15H17FN2O3S. The van der Waals surface area contributed by atoms with Crippen LogP contribution in [0.2, 0.25) is 0 Å². The summed E-state index contributed by atoms with van der Waals surface area (Å²) in [6.45, 7) is 1.68. The molecule has 118 valence electrons. The van der Waals surface area contributed by atoms with Crippen molar-refractivity contribution in [2.75, 3.05) is 0 Å². The molecule has 1 saturated carbocycles. The number of aryl methyl sites for hydroxylation is 1. The van der Waals surface area contributed by atoms with Crippen molar-refractivity contribution in [1.82, 2.24) is 10.2 Å². The molecule has 0 bridgehead atoms. The van der Waals surface area contributed by atoms with Gasteiger partial charge in [-0.05, 0) is 37.1 Å². The van der Waals surface area contributed by atoms with Crippen molar-refractivity contribution in [3.63, 3.8) is 0 Å². The van der Waals surface area contributed by atoms with E-state index >= 15 is 0 Å². The lowest BCUT2D eigenvalue weighted by Gasteiger charge is -2.28. The third-order valence-electron chi connectivity index (χ3n) is 4.10. The van der Waals surface area contributed by atoms with Crippen LogP contribution in [0.4, 0.5) is 4.39 Å². The maximum atomic E-state index is 13.0. The molecule has 1 fully saturated rings. The number of benzene rings is 1. The van der Waals surface area contributed by atoms with E-state index in [2.05, 4.69) is 10.2 Å². The number of hydrogen-bond donors (Lipinski definition) is 0. The van der Waals surface area contributed by atoms with Crippen molar-refractivity contribution in [2.45, 2.75) is 48.7 Å². The summed E-state index contributed by atoms with van der Waals surface area (Å²) in [6.07, 6.45) is 3.02. The Morgan fingerprint density at radius 1 is 1.14 bits per heavy atom. The van der Waals surface area contributed by atoms with Crippen molar-refractivity contribution < 1.29 is 17.2 Å². The van der Waals surface area contributed by atoms with Gasteiger partial charge in [0.2, 0.25) is 11.8 Å². The monoisotopic (exact) mass is 324 g/mol. The summed E-state index contributed by atoms with van der Waals surface area (Å²) in [5, 5.41) is 7.20. The van der Waals surface area contributed by atoms with Crippen molar-refractivity contribution in [3.05, 3.63) is 41.9 Å². The highest BCUT2D eigenvalue weighted by molar-refractivity contribution is 7.92. The minimum absolute atomic E-state index is 0.141. The second-order valence-corrected chi connectivity index (χ2v) is 7.75. The first-order valence-electron chi connectivity index (χ1n) is 7.28. The molecule has 0 aliphatic heterocycles. The molecule has 1 aromatic heterocycles. The molecule has 0 N–H and O–H groups in total. The van der Waals surface area contributed by atoms with Crippen LogP contribution in [-0.4, -0.2) is 23.9 Å². The summed E-state index contributed by atoms with van der Waals surface area (Å²) in [5.74, 6) is 0.0584. The number of rotatable bonds is 3. The Labute approximate surface area is 128 Å². The molecule has 3 rings (SSSR count). The lowest BCUT2D eigenvalue weighted by atomic mass is 9.88. The molecule has 0 spiro atoms. The molecule has 1 aromatic carbocycles. The van der Waals surface area contributed by atoms with Gasteiger partial charge < -0.3 is 4.42 Å². The van der Waals surface area contributed by atoms with Crippen molar-refractivity contribution in [2.24, 2.45) is 0 Å². The van der Waals surface area contributed by atoms with Crippen LogP contribution in [0, 0.1) is 12.7 Å². The largest absolute Gasteiger partial charge is 0.425 e. The predicted molar refractivity (Wildman–Crippen MR) is 77.6 cm³/mol. The van der Waals surface area contributed by atoms with E-state index in [1.165, 1.54) is 24.3 Å². The van der Waals surface area contributed by atoms with Crippen LogP contribution in [0.3, 0.4) is 0 Å². The minimum atomic E-state index is -3.56. The molecule has 2 atom stereocenters. The third kappa shape index (κ3) is 2.77. The van der Waals surface area contributed by atoms with Gasteiger partial charge in [0, 0.05) is 6.92 Å². The molecule has 1 heterocycles. The summed E-state index contributed by atoms with van der Waals surface area (Å²) in [6, 6.07) is 4.97. The number of aromatic nitrogens is 2. The van der Waals surface area contributed by atoms with Gasteiger partial charge in [-0.25, -0.2) is 12.8 Å². The Morgan fingerprint density at radius 3 is 2.45 bits per heavy atom. The van der Waals surface area contributed by atoms with E-state index in [9.17, 15) is 12.8 Å². The van der Waals surface area contributed by atoms with Crippen LogP contribution in [0.5, 0.6) is 0 Å². The van der Waals surface area contributed by atoms with Gasteiger partial charge in [0.05, 0.1) is 16.1 Å². The summed E-state index contributed by atoms with van der Waals surface area (Å²) in [7, 11) is -3.56. The number of halogens is 1. The molecule has 1 aliphatic carbocycles. The van der Waals surface area contributed by atoms with Gasteiger partial charge in [-0.15, -0.1) is 10.2 Å². The molecule has 1 unspecified atom stereocenters. The van der Waals surface area contributed by atoms with E-state index in [0.717, 1.165) is 12.8 Å². The quantitative estimate of drug-likeness (QED) is 0.811. The lowest BCUT2D eigenvalue weighted by Crippen LogP contribution is -2.31. The molecule has 5 nitrogen and oxygen atoms in total. The van der Waals surface area contributed by atoms with E-state index in [4.69, 9.17) is 4.42 Å². The summed E-state index contributed by atoms with van der Waals surface area (Å²) >= 11 is 0. The molecule has 7 heteroatoms. The normalized spacial score (nSPS) is 22.6. The summed E-state index contributed by atoms with van der Waals surface area (Å²) in [4.78, 5) is 0.141. The Kier molecular flexibility index (Phi) is 3.99. The lowest BCUT2D eigenvalue weighted by molar-refractivity contribution is 0.354. The number of nitrogens with zero attached hydrogens (tertiary/aromatic N) is 2. The van der Waals surface area contributed by atoms with Crippen LogP contribution in [0.15, 0.2) is 33.6 Å². The Hall–Kier alpha value is -1.76. The van der Waals surface area contributed by atoms with Crippen LogP contribution < -0.4 is 0 Å². The van der Waals surface area contributed by atoms with Crippen molar-refractivity contribution in [1.29, 1.82) is 0 Å². The van der Waals surface area contributed by atoms with E-state index in [0.29, 0.717) is 24.6 Å². The highest BCUT2D eigenvalue weighted by atomic mass is 32.2. The SMILES string of the molecule is Cc1nnc([C@@H]2CCCCC2S(=O)(=O)c2ccc(F)cc2)o1. The van der Waals surface area contributed by atoms with Gasteiger partial charge in [-0.1, -0.05) is 12.8 Å². The fourth-order valence-electron chi connectivity index (χ4n) is 3.01. The zero-order chi connectivity index (χ0) is 15.7. The maximum absolute atomic E-state index is 13.0. The van der Waals surface area contributed by atoms with Crippen LogP contribution in [0.1, 0.15) is 43.4 Å². The highest BCUT2D eigenvalue weighted by Crippen LogP contribution is 2.38. The van der Waals surface area contributed by atoms with Crippen LogP contribution in [-0.2, 0) is 9.84 Å². The van der Waals surface area contributed by atoms with E-state index < -0.39 is 20.9 Å². The summed E-state index contributed by atoms with van der Waals surface area (Å²) < 4.78 is 44.2. The van der Waals surface area contributed by atoms with Gasteiger partial charge in [0.15, 0.2) is 9.84 Å². The molecule has 1 aliphatic rings. The molecular weight excluding hydrogens is 307 g/mol. The Morgan fingerprint density at radius 2 is 1.82 bits per heavy atom. The Balaban J connectivity index is 1.97. The predicted octanol–water partition coefficient (Wildman–Crippen LogP) is 3.02. The smallest absolute Gasteiger partial charge is 0.220 e. The second kappa shape index (κ2) is 5.79. The zero-order valence-corrected chi connectivity index (χ0v) is 13.0. The van der Waals surface area contributed by atoms with E-state index in [1.54, 1.807) is 6.92 Å². The van der Waals surface area contributed by atoms with Gasteiger partial charge in [0.1, 0.15) is 5.82 Å². The highest BCUT2D eigenvalue weighted by Gasteiger charge is 2.40. The zero-order valence-electron chi connectivity index (χ0n) is 12.2. The Bertz CT molecular complexity index is 755. The maximum Gasteiger partial charge on any atom is 0.220 e. The van der Waals surface area contributed by atoms with Crippen LogP contribution >= 0.6 is 0 Å². The van der Waals surface area contributed by atoms with Gasteiger partial charge in [-0.3, -0.25) is 0 Å². The summed E-state index contributed by atoms with van der Waals surface area (Å²) in [5.41, 5.74) is 0. The van der Waals surface area contributed by atoms with Crippen LogP contribution in [0.25, 0.3) is 0 Å². The number of hydrogen-bond acceptors (Lipinski definition) is 5. The third-order valence-corrected chi connectivity index (χ3v) is 6.39. The first kappa shape index (κ1) is 15.1. The molecule has 0 saturated heterocycles. The minimum Gasteiger partial charge on any atom is -0.425 e. The second-order valence-electron chi connectivity index (χ2n) is 5.59. The van der Waals surface area contributed by atoms with Gasteiger partial charge >= 0.3 is 0 Å². The standard InChI is InChI=1S/C15H17FN2O3S/c1-10-17-18-15(21-10)13-4-2-3-5-14(13)22(19,20)12-8-6-11(16)7-9-12/h6-9,13-14H,2-5H2,1H3/t13-,14?/m1/s1. The van der Waals surface area contributed by atoms with E-state index in [-0.39, 0.29) is 10.8 Å². The average molecular weight is 324 g/mol. The number of sulfone groups is 1. The topological polar surface area (TPSA) is 73.1 Å². The first-order chi connectivity index (χ1) is 10.5.